The first-order chi connectivity index (χ1) is 16.3. The van der Waals surface area contributed by atoms with E-state index in [1.807, 2.05) is 0 Å². The zero-order chi connectivity index (χ0) is 24.2. The zero-order valence-corrected chi connectivity index (χ0v) is 18.5. The molecule has 2 aromatic heterocycles. The molecule has 9 heteroatoms. The molecule has 1 amide bonds. The second kappa shape index (κ2) is 9.88. The van der Waals surface area contributed by atoms with Crippen molar-refractivity contribution in [3.63, 3.8) is 0 Å². The van der Waals surface area contributed by atoms with Gasteiger partial charge in [0.2, 0.25) is 0 Å². The van der Waals surface area contributed by atoms with E-state index in [0.717, 1.165) is 25.0 Å². The number of ketones is 1. The number of nitrogens with two attached hydrogens (primary N) is 1. The van der Waals surface area contributed by atoms with Crippen molar-refractivity contribution in [3.05, 3.63) is 101 Å². The highest BCUT2D eigenvalue weighted by Crippen LogP contribution is 2.28. The highest BCUT2D eigenvalue weighted by Gasteiger charge is 2.17. The molecule has 34 heavy (non-hydrogen) atoms. The maximum absolute atomic E-state index is 13.2. The Labute approximate surface area is 194 Å². The first-order valence-corrected chi connectivity index (χ1v) is 10.7. The maximum Gasteiger partial charge on any atom is 0.270 e. The molecule has 7 nitrogen and oxygen atoms in total. The topological polar surface area (TPSA) is 102 Å². The van der Waals surface area contributed by atoms with Gasteiger partial charge in [0, 0.05) is 25.6 Å². The number of Topliss-reactive ketones (excluding diaryl/α,β-unsaturated/α-hetero) is 1. The summed E-state index contributed by atoms with van der Waals surface area (Å²) < 4.78 is 27.4. The van der Waals surface area contributed by atoms with E-state index in [0.29, 0.717) is 17.3 Å². The molecule has 3 N–H and O–H groups in total. The second-order valence-electron chi connectivity index (χ2n) is 7.96. The summed E-state index contributed by atoms with van der Waals surface area (Å²) in [6.07, 6.45) is 3.76. The van der Waals surface area contributed by atoms with Gasteiger partial charge in [-0.25, -0.2) is 18.3 Å². The van der Waals surface area contributed by atoms with E-state index in [-0.39, 0.29) is 23.7 Å². The number of hydrogen-bond donors (Lipinski definition) is 2. The normalized spacial score (nSPS) is 14.3. The number of carbonyl (C=O) groups is 2. The molecule has 5 rings (SSSR count). The number of carbonyl (C=O) groups excluding carboxylic acids is 2. The fourth-order valence-corrected chi connectivity index (χ4v) is 3.79. The van der Waals surface area contributed by atoms with Crippen LogP contribution >= 0.6 is 0 Å². The van der Waals surface area contributed by atoms with Gasteiger partial charge in [-0.15, -0.1) is 0 Å². The Hall–Kier alpha value is -3.98. The fraction of sp³-hybridized carbons (Fsp3) is 0.200. The lowest BCUT2D eigenvalue weighted by atomic mass is 10.1. The zero-order valence-electron chi connectivity index (χ0n) is 18.5. The van der Waals surface area contributed by atoms with E-state index in [1.165, 1.54) is 40.9 Å². The van der Waals surface area contributed by atoms with E-state index >= 15 is 0 Å². The minimum Gasteiger partial charge on any atom is -0.347 e. The van der Waals surface area contributed by atoms with Gasteiger partial charge in [0.1, 0.15) is 11.4 Å². The summed E-state index contributed by atoms with van der Waals surface area (Å²) in [6, 6.07) is 15.0. The van der Waals surface area contributed by atoms with Crippen LogP contribution in [-0.4, -0.2) is 26.3 Å². The molecule has 0 spiro atoms. The first kappa shape index (κ1) is 23.2. The van der Waals surface area contributed by atoms with Crippen LogP contribution in [0.5, 0.6) is 0 Å². The molecule has 0 bridgehead atoms. The molecular formula is C25H23F2N5O2. The molecule has 0 unspecified atom stereocenters. The van der Waals surface area contributed by atoms with Crippen molar-refractivity contribution in [1.82, 2.24) is 19.9 Å². The lowest BCUT2D eigenvalue weighted by molar-refractivity contribution is 0.0946. The Morgan fingerprint density at radius 1 is 1.12 bits per heavy atom. The maximum atomic E-state index is 13.2. The van der Waals surface area contributed by atoms with Gasteiger partial charge in [-0.3, -0.25) is 9.59 Å². The number of fused-ring (bicyclic) bond motifs is 2. The van der Waals surface area contributed by atoms with Gasteiger partial charge in [-0.2, -0.15) is 5.10 Å². The predicted octanol–water partition coefficient (Wildman–Crippen LogP) is 3.77. The van der Waals surface area contributed by atoms with Crippen LogP contribution in [0.15, 0.2) is 60.8 Å². The first-order valence-electron chi connectivity index (χ1n) is 10.7. The molecule has 174 valence electrons. The highest BCUT2D eigenvalue weighted by atomic mass is 19.2. The molecule has 1 aliphatic carbocycles. The molecule has 4 aromatic rings. The third-order valence-electron chi connectivity index (χ3n) is 5.57. The molecule has 0 aliphatic heterocycles. The van der Waals surface area contributed by atoms with Crippen molar-refractivity contribution >= 4 is 17.3 Å². The van der Waals surface area contributed by atoms with E-state index in [9.17, 15) is 18.4 Å². The summed E-state index contributed by atoms with van der Waals surface area (Å²) >= 11 is 0. The van der Waals surface area contributed by atoms with Gasteiger partial charge in [0.25, 0.3) is 5.91 Å². The molecule has 2 heterocycles. The van der Waals surface area contributed by atoms with Gasteiger partial charge < -0.3 is 11.1 Å². The summed E-state index contributed by atoms with van der Waals surface area (Å²) in [5, 5.41) is 6.53. The van der Waals surface area contributed by atoms with Gasteiger partial charge >= 0.3 is 0 Å². The van der Waals surface area contributed by atoms with Crippen molar-refractivity contribution in [1.29, 1.82) is 0 Å². The van der Waals surface area contributed by atoms with Crippen molar-refractivity contribution < 1.29 is 18.4 Å². The summed E-state index contributed by atoms with van der Waals surface area (Å²) in [5.74, 6) is -2.74. The van der Waals surface area contributed by atoms with E-state index < -0.39 is 17.5 Å². The van der Waals surface area contributed by atoms with E-state index in [1.54, 1.807) is 6.07 Å². The SMILES string of the molecule is CC(=O)c1cc(C(=O)NCc2ccc(F)c(F)c2)nc2ccnn12.N[C@@H]1CCc2ccccc21. The minimum absolute atomic E-state index is 0.00242. The molecule has 1 aliphatic rings. The lowest BCUT2D eigenvalue weighted by Gasteiger charge is -2.07. The van der Waals surface area contributed by atoms with Gasteiger partial charge in [-0.1, -0.05) is 30.3 Å². The van der Waals surface area contributed by atoms with Crippen LogP contribution in [0.1, 0.15) is 57.1 Å². The molecular weight excluding hydrogens is 440 g/mol. The average Bonchev–Trinajstić information content (AvgIpc) is 3.46. The molecule has 0 radical (unpaired) electrons. The standard InChI is InChI=1S/C16H12F2N4O2.C9H11N/c1-9(23)14-7-13(21-15-4-5-20-22(14)15)16(24)19-8-10-2-3-11(17)12(18)6-10;10-9-6-5-7-3-1-2-4-8(7)9/h2-7H,8H2,1H3,(H,19,24);1-4,9H,5-6,10H2/t;9-/m.1/s1. The van der Waals surface area contributed by atoms with Crippen LogP contribution in [0.2, 0.25) is 0 Å². The van der Waals surface area contributed by atoms with Crippen molar-refractivity contribution in [2.75, 3.05) is 0 Å². The molecule has 2 aromatic carbocycles. The Morgan fingerprint density at radius 3 is 2.65 bits per heavy atom. The van der Waals surface area contributed by atoms with Gasteiger partial charge in [0.15, 0.2) is 23.1 Å². The summed E-state index contributed by atoms with van der Waals surface area (Å²) in [4.78, 5) is 28.0. The molecule has 0 saturated carbocycles. The lowest BCUT2D eigenvalue weighted by Crippen LogP contribution is -2.25. The number of aryl methyl sites for hydroxylation is 1. The van der Waals surface area contributed by atoms with Gasteiger partial charge in [0.05, 0.1) is 6.20 Å². The Morgan fingerprint density at radius 2 is 1.91 bits per heavy atom. The summed E-state index contributed by atoms with van der Waals surface area (Å²) in [7, 11) is 0. The van der Waals surface area contributed by atoms with Crippen molar-refractivity contribution in [2.24, 2.45) is 5.73 Å². The molecule has 0 fully saturated rings. The van der Waals surface area contributed by atoms with Crippen molar-refractivity contribution in [2.45, 2.75) is 32.4 Å². The number of aromatic nitrogens is 3. The molecule has 0 saturated heterocycles. The Kier molecular flexibility index (Phi) is 6.74. The fourth-order valence-electron chi connectivity index (χ4n) is 3.79. The van der Waals surface area contributed by atoms with E-state index in [4.69, 9.17) is 5.73 Å². The predicted molar refractivity (Wildman–Crippen MR) is 122 cm³/mol. The van der Waals surface area contributed by atoms with Crippen LogP contribution < -0.4 is 11.1 Å². The van der Waals surface area contributed by atoms with Crippen LogP contribution in [0.4, 0.5) is 8.78 Å². The second-order valence-corrected chi connectivity index (χ2v) is 7.96. The van der Waals surface area contributed by atoms with E-state index in [2.05, 4.69) is 39.7 Å². The minimum atomic E-state index is -0.987. The highest BCUT2D eigenvalue weighted by molar-refractivity contribution is 5.98. The number of rotatable bonds is 4. The molecule has 1 atom stereocenters. The van der Waals surface area contributed by atoms with Crippen LogP contribution in [0.3, 0.4) is 0 Å². The quantitative estimate of drug-likeness (QED) is 0.449. The number of nitrogens with one attached hydrogen (secondary N) is 1. The summed E-state index contributed by atoms with van der Waals surface area (Å²) in [5.41, 5.74) is 9.66. The largest absolute Gasteiger partial charge is 0.347 e. The third-order valence-corrected chi connectivity index (χ3v) is 5.57. The van der Waals surface area contributed by atoms with Gasteiger partial charge in [-0.05, 0) is 47.7 Å². The number of hydrogen-bond acceptors (Lipinski definition) is 5. The smallest absolute Gasteiger partial charge is 0.270 e. The van der Waals surface area contributed by atoms with Crippen molar-refractivity contribution in [3.8, 4) is 0 Å². The third kappa shape index (κ3) is 4.99. The van der Waals surface area contributed by atoms with Crippen LogP contribution in [-0.2, 0) is 13.0 Å². The number of benzene rings is 2. The van der Waals surface area contributed by atoms with Crippen LogP contribution in [0, 0.1) is 11.6 Å². The number of amides is 1. The number of halogens is 2. The summed E-state index contributed by atoms with van der Waals surface area (Å²) in [6.45, 7) is 1.36. The number of nitrogens with zero attached hydrogens (tertiary/aromatic N) is 3. The monoisotopic (exact) mass is 463 g/mol. The Bertz CT molecular complexity index is 1370. The Balaban J connectivity index is 0.000000226. The van der Waals surface area contributed by atoms with Crippen LogP contribution in [0.25, 0.3) is 5.65 Å². The average molecular weight is 463 g/mol.